The molecule has 0 bridgehead atoms. The van der Waals surface area contributed by atoms with Crippen molar-refractivity contribution < 1.29 is 0 Å². The average Bonchev–Trinajstić information content (AvgIpc) is 2.96. The number of benzene rings is 1. The second-order valence-corrected chi connectivity index (χ2v) is 6.48. The van der Waals surface area contributed by atoms with Gasteiger partial charge in [-0.25, -0.2) is 4.98 Å². The predicted octanol–water partition coefficient (Wildman–Crippen LogP) is 3.31. The molecule has 2 aromatic heterocycles. The minimum absolute atomic E-state index is 0.891. The van der Waals surface area contributed by atoms with Gasteiger partial charge in [-0.3, -0.25) is 4.90 Å². The SMILES string of the molecule is CN(Cc1cncn1C)Cc1cc2ccc(Br)cc2n1C. The van der Waals surface area contributed by atoms with Crippen LogP contribution in [0, 0.1) is 0 Å². The first-order valence-corrected chi connectivity index (χ1v) is 7.71. The summed E-state index contributed by atoms with van der Waals surface area (Å²) in [5, 5.41) is 1.28. The minimum atomic E-state index is 0.891. The number of rotatable bonds is 4. The molecule has 0 N–H and O–H groups in total. The highest BCUT2D eigenvalue weighted by molar-refractivity contribution is 9.10. The molecule has 0 unspecified atom stereocenters. The van der Waals surface area contributed by atoms with E-state index in [4.69, 9.17) is 0 Å². The molecule has 0 aliphatic rings. The normalized spacial score (nSPS) is 11.7. The van der Waals surface area contributed by atoms with Gasteiger partial charge in [-0.15, -0.1) is 0 Å². The van der Waals surface area contributed by atoms with E-state index in [9.17, 15) is 0 Å². The molecule has 110 valence electrons. The van der Waals surface area contributed by atoms with E-state index in [1.165, 1.54) is 22.3 Å². The summed E-state index contributed by atoms with van der Waals surface area (Å²) in [6.07, 6.45) is 3.77. The first kappa shape index (κ1) is 14.4. The van der Waals surface area contributed by atoms with Gasteiger partial charge >= 0.3 is 0 Å². The zero-order valence-electron chi connectivity index (χ0n) is 12.5. The molecule has 1 aromatic carbocycles. The summed E-state index contributed by atoms with van der Waals surface area (Å²) in [6.45, 7) is 1.80. The van der Waals surface area contributed by atoms with E-state index in [0.29, 0.717) is 0 Å². The summed E-state index contributed by atoms with van der Waals surface area (Å²) in [5.41, 5.74) is 3.79. The standard InChI is InChI=1S/C16H19BrN4/c1-19(10-15-8-18-11-20(15)2)9-14-6-12-4-5-13(17)7-16(12)21(14)3/h4-8,11H,9-10H2,1-3H3. The zero-order valence-corrected chi connectivity index (χ0v) is 14.1. The van der Waals surface area contributed by atoms with E-state index >= 15 is 0 Å². The number of imidazole rings is 1. The van der Waals surface area contributed by atoms with Crippen LogP contribution in [0.5, 0.6) is 0 Å². The molecule has 3 aromatic rings. The van der Waals surface area contributed by atoms with Crippen molar-refractivity contribution in [3.05, 3.63) is 52.7 Å². The molecule has 2 heterocycles. The maximum atomic E-state index is 4.17. The summed E-state index contributed by atoms with van der Waals surface area (Å²) in [7, 11) is 6.30. The number of hydrogen-bond donors (Lipinski definition) is 0. The summed E-state index contributed by atoms with van der Waals surface area (Å²) in [4.78, 5) is 6.48. The highest BCUT2D eigenvalue weighted by Gasteiger charge is 2.10. The largest absolute Gasteiger partial charge is 0.346 e. The van der Waals surface area contributed by atoms with E-state index in [-0.39, 0.29) is 0 Å². The van der Waals surface area contributed by atoms with Crippen LogP contribution in [0.4, 0.5) is 0 Å². The summed E-state index contributed by atoms with van der Waals surface area (Å²) < 4.78 is 5.44. The Morgan fingerprint density at radius 2 is 1.90 bits per heavy atom. The van der Waals surface area contributed by atoms with Crippen LogP contribution < -0.4 is 0 Å². The lowest BCUT2D eigenvalue weighted by atomic mass is 10.2. The second-order valence-electron chi connectivity index (χ2n) is 5.57. The Kier molecular flexibility index (Phi) is 3.87. The third-order valence-corrected chi connectivity index (χ3v) is 4.38. The van der Waals surface area contributed by atoms with Crippen molar-refractivity contribution in [3.8, 4) is 0 Å². The number of fused-ring (bicyclic) bond motifs is 1. The van der Waals surface area contributed by atoms with Crippen LogP contribution in [0.15, 0.2) is 41.3 Å². The van der Waals surface area contributed by atoms with Crippen molar-refractivity contribution in [1.82, 2.24) is 19.0 Å². The van der Waals surface area contributed by atoms with Crippen molar-refractivity contribution in [2.24, 2.45) is 14.1 Å². The number of aryl methyl sites for hydroxylation is 2. The van der Waals surface area contributed by atoms with Gasteiger partial charge in [0, 0.05) is 49.1 Å². The lowest BCUT2D eigenvalue weighted by Crippen LogP contribution is -2.20. The van der Waals surface area contributed by atoms with Crippen molar-refractivity contribution in [3.63, 3.8) is 0 Å². The van der Waals surface area contributed by atoms with Gasteiger partial charge in [-0.1, -0.05) is 22.0 Å². The monoisotopic (exact) mass is 346 g/mol. The molecule has 3 rings (SSSR count). The molecule has 21 heavy (non-hydrogen) atoms. The Bertz CT molecular complexity index is 772. The quantitative estimate of drug-likeness (QED) is 0.724. The van der Waals surface area contributed by atoms with E-state index in [1.54, 1.807) is 0 Å². The molecule has 0 aliphatic heterocycles. The Labute approximate surface area is 133 Å². The molecule has 0 amide bonds. The van der Waals surface area contributed by atoms with Crippen molar-refractivity contribution in [1.29, 1.82) is 0 Å². The number of halogens is 1. The molecule has 0 atom stereocenters. The zero-order chi connectivity index (χ0) is 15.0. The summed E-state index contributed by atoms with van der Waals surface area (Å²) in [6, 6.07) is 8.68. The van der Waals surface area contributed by atoms with Gasteiger partial charge in [0.25, 0.3) is 0 Å². The molecule has 5 heteroatoms. The van der Waals surface area contributed by atoms with Gasteiger partial charge in [0.05, 0.1) is 12.0 Å². The Hall–Kier alpha value is -1.59. The van der Waals surface area contributed by atoms with Gasteiger partial charge in [-0.2, -0.15) is 0 Å². The van der Waals surface area contributed by atoms with Crippen LogP contribution in [-0.2, 0) is 27.2 Å². The van der Waals surface area contributed by atoms with Crippen LogP contribution in [0.1, 0.15) is 11.4 Å². The maximum Gasteiger partial charge on any atom is 0.0945 e. The minimum Gasteiger partial charge on any atom is -0.346 e. The topological polar surface area (TPSA) is 26.0 Å². The molecule has 0 spiro atoms. The van der Waals surface area contributed by atoms with Crippen molar-refractivity contribution in [2.45, 2.75) is 13.1 Å². The lowest BCUT2D eigenvalue weighted by Gasteiger charge is -2.17. The lowest BCUT2D eigenvalue weighted by molar-refractivity contribution is 0.305. The second kappa shape index (κ2) is 5.66. The van der Waals surface area contributed by atoms with Crippen LogP contribution in [0.25, 0.3) is 10.9 Å². The highest BCUT2D eigenvalue weighted by Crippen LogP contribution is 2.23. The Morgan fingerprint density at radius 3 is 2.62 bits per heavy atom. The smallest absolute Gasteiger partial charge is 0.0945 e. The first-order valence-electron chi connectivity index (χ1n) is 6.92. The molecule has 0 saturated carbocycles. The van der Waals surface area contributed by atoms with E-state index in [1.807, 2.05) is 19.6 Å². The molecule has 4 nitrogen and oxygen atoms in total. The van der Waals surface area contributed by atoms with Crippen molar-refractivity contribution in [2.75, 3.05) is 7.05 Å². The molecule has 0 aliphatic carbocycles. The Morgan fingerprint density at radius 1 is 1.14 bits per heavy atom. The van der Waals surface area contributed by atoms with Crippen LogP contribution >= 0.6 is 15.9 Å². The average molecular weight is 347 g/mol. The molecule has 0 fully saturated rings. The fourth-order valence-electron chi connectivity index (χ4n) is 2.66. The van der Waals surface area contributed by atoms with Gasteiger partial charge in [0.2, 0.25) is 0 Å². The van der Waals surface area contributed by atoms with E-state index in [0.717, 1.165) is 17.6 Å². The van der Waals surface area contributed by atoms with Gasteiger partial charge in [-0.05, 0) is 30.6 Å². The maximum absolute atomic E-state index is 4.17. The fourth-order valence-corrected chi connectivity index (χ4v) is 3.01. The summed E-state index contributed by atoms with van der Waals surface area (Å²) >= 11 is 3.54. The molecular formula is C16H19BrN4. The van der Waals surface area contributed by atoms with Crippen LogP contribution in [0.3, 0.4) is 0 Å². The van der Waals surface area contributed by atoms with E-state index in [2.05, 4.69) is 73.3 Å². The number of hydrogen-bond acceptors (Lipinski definition) is 2. The van der Waals surface area contributed by atoms with Gasteiger partial charge < -0.3 is 9.13 Å². The van der Waals surface area contributed by atoms with Crippen LogP contribution in [0.2, 0.25) is 0 Å². The third-order valence-electron chi connectivity index (χ3n) is 3.89. The predicted molar refractivity (Wildman–Crippen MR) is 89.0 cm³/mol. The Balaban J connectivity index is 1.81. The summed E-state index contributed by atoms with van der Waals surface area (Å²) in [5.74, 6) is 0. The molecule has 0 radical (unpaired) electrons. The van der Waals surface area contributed by atoms with Gasteiger partial charge in [0.1, 0.15) is 0 Å². The van der Waals surface area contributed by atoms with Crippen LogP contribution in [-0.4, -0.2) is 26.1 Å². The highest BCUT2D eigenvalue weighted by atomic mass is 79.9. The fraction of sp³-hybridized carbons (Fsp3) is 0.312. The van der Waals surface area contributed by atoms with Gasteiger partial charge in [0.15, 0.2) is 0 Å². The molecular weight excluding hydrogens is 328 g/mol. The molecule has 0 saturated heterocycles. The van der Waals surface area contributed by atoms with E-state index < -0.39 is 0 Å². The third kappa shape index (κ3) is 2.89. The first-order chi connectivity index (χ1) is 10.0. The number of aromatic nitrogens is 3. The number of nitrogens with zero attached hydrogens (tertiary/aromatic N) is 4. The van der Waals surface area contributed by atoms with Crippen molar-refractivity contribution >= 4 is 26.8 Å².